The minimum atomic E-state index is -0.704. The van der Waals surface area contributed by atoms with E-state index in [2.05, 4.69) is 6.26 Å². The molecule has 0 saturated carbocycles. The Morgan fingerprint density at radius 2 is 1.76 bits per heavy atom. The Balaban J connectivity index is -0.000000120. The molecule has 0 amide bonds. The predicted octanol–water partition coefficient (Wildman–Crippen LogP) is 3.65. The molecule has 0 fully saturated rings. The van der Waals surface area contributed by atoms with E-state index in [0.717, 1.165) is 31.4 Å². The first-order valence-corrected chi connectivity index (χ1v) is 6.40. The Morgan fingerprint density at radius 3 is 2.18 bits per heavy atom. The van der Waals surface area contributed by atoms with E-state index in [0.29, 0.717) is 5.25 Å². The zero-order valence-corrected chi connectivity index (χ0v) is 15.2. The van der Waals surface area contributed by atoms with Gasteiger partial charge >= 0.3 is 27.0 Å². The zero-order valence-electron chi connectivity index (χ0n) is 11.3. The first-order chi connectivity index (χ1) is 6.16. The van der Waals surface area contributed by atoms with E-state index in [4.69, 9.17) is 17.7 Å². The molecule has 0 radical (unpaired) electrons. The van der Waals surface area contributed by atoms with Crippen LogP contribution in [0, 0.1) is 22.3 Å². The average Bonchev–Trinajstić information content (AvgIpc) is 2.08. The standard InChI is InChI=1S/C9H18O2S2.3CH3.Pt/c1-13-7-6-8(12)4-2-3-5-9(10)11;;;;/h8,12H,2-7H2,1H3,(H,10,11);3*1H3;/q;3*-1;+4/p-1. The van der Waals surface area contributed by atoms with Gasteiger partial charge in [0.2, 0.25) is 0 Å². The summed E-state index contributed by atoms with van der Waals surface area (Å²) in [4.78, 5) is 10.2. The van der Waals surface area contributed by atoms with Gasteiger partial charge in [0, 0.05) is 6.42 Å². The molecule has 0 heterocycles. The quantitative estimate of drug-likeness (QED) is 0.340. The summed E-state index contributed by atoms with van der Waals surface area (Å²) in [6.45, 7) is 0. The molecule has 5 heteroatoms. The average molecular weight is 462 g/mol. The SMILES string of the molecule is CSCCC([S-])CCCCC(=O)O.[CH3-].[CH3-].[CH3-].[Pt+4]. The summed E-state index contributed by atoms with van der Waals surface area (Å²) in [6.07, 6.45) is 6.14. The van der Waals surface area contributed by atoms with Gasteiger partial charge in [-0.3, -0.25) is 4.79 Å². The summed E-state index contributed by atoms with van der Waals surface area (Å²) < 4.78 is 0. The minimum absolute atomic E-state index is 0. The van der Waals surface area contributed by atoms with Crippen LogP contribution in [0.25, 0.3) is 0 Å². The third-order valence-electron chi connectivity index (χ3n) is 1.81. The zero-order chi connectivity index (χ0) is 10.1. The fourth-order valence-electron chi connectivity index (χ4n) is 1.04. The second-order valence-electron chi connectivity index (χ2n) is 3.04. The molecule has 0 aromatic heterocycles. The molecule has 1 atom stereocenters. The molecule has 17 heavy (non-hydrogen) atoms. The van der Waals surface area contributed by atoms with E-state index >= 15 is 0 Å². The van der Waals surface area contributed by atoms with Crippen molar-refractivity contribution in [3.63, 3.8) is 0 Å². The van der Waals surface area contributed by atoms with Gasteiger partial charge in [0.15, 0.2) is 0 Å². The Hall–Kier alpha value is 0.858. The van der Waals surface area contributed by atoms with E-state index in [1.165, 1.54) is 0 Å². The van der Waals surface area contributed by atoms with Crippen molar-refractivity contribution in [2.24, 2.45) is 0 Å². The van der Waals surface area contributed by atoms with E-state index in [-0.39, 0.29) is 49.8 Å². The number of hydrogen-bond donors (Lipinski definition) is 1. The van der Waals surface area contributed by atoms with Crippen molar-refractivity contribution in [1.82, 2.24) is 0 Å². The third-order valence-corrected chi connectivity index (χ3v) is 2.93. The molecule has 108 valence electrons. The number of aliphatic carboxylic acids is 1. The van der Waals surface area contributed by atoms with Crippen LogP contribution in [0.2, 0.25) is 0 Å². The topological polar surface area (TPSA) is 37.3 Å². The summed E-state index contributed by atoms with van der Waals surface area (Å²) >= 11 is 7.03. The molecule has 0 aromatic rings. The summed E-state index contributed by atoms with van der Waals surface area (Å²) in [6, 6.07) is 0. The summed E-state index contributed by atoms with van der Waals surface area (Å²) in [5.74, 6) is 0.414. The second kappa shape index (κ2) is 22.1. The van der Waals surface area contributed by atoms with Crippen LogP contribution >= 0.6 is 11.8 Å². The number of unbranched alkanes of at least 4 members (excludes halogenated alkanes) is 1. The van der Waals surface area contributed by atoms with Crippen molar-refractivity contribution < 1.29 is 31.0 Å². The monoisotopic (exact) mass is 461 g/mol. The molecule has 1 N–H and O–H groups in total. The second-order valence-corrected chi connectivity index (χ2v) is 4.70. The van der Waals surface area contributed by atoms with E-state index in [1.54, 1.807) is 0 Å². The molecular weight excluding hydrogens is 435 g/mol. The van der Waals surface area contributed by atoms with Crippen LogP contribution in [-0.2, 0) is 38.5 Å². The summed E-state index contributed by atoms with van der Waals surface area (Å²) in [5.41, 5.74) is 0. The molecule has 0 aliphatic heterocycles. The number of hydrogen-bond acceptors (Lipinski definition) is 3. The van der Waals surface area contributed by atoms with Gasteiger partial charge in [0.25, 0.3) is 0 Å². The van der Waals surface area contributed by atoms with Gasteiger partial charge < -0.3 is 40.0 Å². The Morgan fingerprint density at radius 1 is 1.24 bits per heavy atom. The van der Waals surface area contributed by atoms with Crippen LogP contribution in [-0.4, -0.2) is 28.3 Å². The molecular formula is C12H26O2PtS2. The normalized spacial score (nSPS) is 9.76. The molecule has 1 unspecified atom stereocenters. The summed E-state index contributed by atoms with van der Waals surface area (Å²) in [7, 11) is 0. The van der Waals surface area contributed by atoms with Gasteiger partial charge in [-0.05, 0) is 18.4 Å². The van der Waals surface area contributed by atoms with Gasteiger partial charge in [-0.2, -0.15) is 17.0 Å². The Labute approximate surface area is 132 Å². The van der Waals surface area contributed by atoms with Gasteiger partial charge in [0.1, 0.15) is 0 Å². The first kappa shape index (κ1) is 30.7. The van der Waals surface area contributed by atoms with Crippen molar-refractivity contribution in [2.45, 2.75) is 37.4 Å². The maximum absolute atomic E-state index is 10.2. The van der Waals surface area contributed by atoms with Crippen molar-refractivity contribution >= 4 is 30.4 Å². The summed E-state index contributed by atoms with van der Waals surface area (Å²) in [5, 5.41) is 8.73. The molecule has 0 saturated heterocycles. The third kappa shape index (κ3) is 26.5. The number of carboxylic acids is 1. The minimum Gasteiger partial charge on any atom is -0.789 e. The molecule has 0 aliphatic rings. The molecule has 0 aromatic carbocycles. The maximum atomic E-state index is 10.2. The molecule has 0 aliphatic carbocycles. The number of carboxylic acid groups (broad SMARTS) is 1. The fraction of sp³-hybridized carbons (Fsp3) is 0.667. The predicted molar refractivity (Wildman–Crippen MR) is 79.5 cm³/mol. The molecule has 2 nitrogen and oxygen atoms in total. The van der Waals surface area contributed by atoms with Crippen molar-refractivity contribution in [3.05, 3.63) is 22.3 Å². The van der Waals surface area contributed by atoms with Crippen LogP contribution in [0.4, 0.5) is 0 Å². The van der Waals surface area contributed by atoms with E-state index in [1.807, 2.05) is 11.8 Å². The number of carbonyl (C=O) groups is 1. The molecule has 0 rings (SSSR count). The van der Waals surface area contributed by atoms with Gasteiger partial charge in [-0.15, -0.1) is 0 Å². The smallest absolute Gasteiger partial charge is 0.789 e. The van der Waals surface area contributed by atoms with Crippen molar-refractivity contribution in [1.29, 1.82) is 0 Å². The Kier molecular flexibility index (Phi) is 39.9. The largest absolute Gasteiger partial charge is 4.00 e. The van der Waals surface area contributed by atoms with Gasteiger partial charge in [-0.1, -0.05) is 19.3 Å². The molecule has 0 spiro atoms. The van der Waals surface area contributed by atoms with E-state index < -0.39 is 5.97 Å². The van der Waals surface area contributed by atoms with Crippen molar-refractivity contribution in [3.8, 4) is 0 Å². The van der Waals surface area contributed by atoms with Crippen LogP contribution in [0.1, 0.15) is 32.1 Å². The van der Waals surface area contributed by atoms with Gasteiger partial charge in [0.05, 0.1) is 0 Å². The fourth-order valence-corrected chi connectivity index (χ4v) is 2.00. The molecule has 0 bridgehead atoms. The van der Waals surface area contributed by atoms with Crippen molar-refractivity contribution in [2.75, 3.05) is 12.0 Å². The number of rotatable bonds is 8. The van der Waals surface area contributed by atoms with Crippen LogP contribution < -0.4 is 0 Å². The van der Waals surface area contributed by atoms with Crippen LogP contribution in [0.15, 0.2) is 0 Å². The first-order valence-electron chi connectivity index (χ1n) is 4.53. The van der Waals surface area contributed by atoms with E-state index in [9.17, 15) is 4.79 Å². The Bertz CT molecular complexity index is 146. The van der Waals surface area contributed by atoms with Crippen LogP contribution in [0.5, 0.6) is 0 Å². The maximum Gasteiger partial charge on any atom is 4.00 e. The number of thioether (sulfide) groups is 1. The van der Waals surface area contributed by atoms with Gasteiger partial charge in [-0.25, -0.2) is 0 Å². The van der Waals surface area contributed by atoms with Crippen LogP contribution in [0.3, 0.4) is 0 Å².